The molecule has 0 atom stereocenters. The molecule has 2 aromatic carbocycles. The normalized spacial score (nSPS) is 12.7. The van der Waals surface area contributed by atoms with E-state index < -0.39 is 5.97 Å². The summed E-state index contributed by atoms with van der Waals surface area (Å²) in [5.41, 5.74) is 5.41. The van der Waals surface area contributed by atoms with Gasteiger partial charge in [-0.2, -0.15) is 0 Å². The van der Waals surface area contributed by atoms with Crippen molar-refractivity contribution < 1.29 is 9.90 Å². The SMILES string of the molecule is O=C(O)Cc1csc(Cn2cc(C3c4ccccc4C=Cc4ccccc43)c(=S)[nH]c2=O)n1. The molecule has 0 saturated heterocycles. The van der Waals surface area contributed by atoms with E-state index in [0.29, 0.717) is 15.3 Å². The van der Waals surface area contributed by atoms with Crippen LogP contribution >= 0.6 is 23.6 Å². The summed E-state index contributed by atoms with van der Waals surface area (Å²) < 4.78 is 1.95. The largest absolute Gasteiger partial charge is 0.481 e. The lowest BCUT2D eigenvalue weighted by atomic mass is 9.83. The van der Waals surface area contributed by atoms with E-state index >= 15 is 0 Å². The van der Waals surface area contributed by atoms with Crippen LogP contribution in [0.15, 0.2) is 64.9 Å². The lowest BCUT2D eigenvalue weighted by Gasteiger charge is -2.21. The Labute approximate surface area is 198 Å². The van der Waals surface area contributed by atoms with Gasteiger partial charge in [0.2, 0.25) is 0 Å². The lowest BCUT2D eigenvalue weighted by Crippen LogP contribution is -2.25. The van der Waals surface area contributed by atoms with E-state index in [9.17, 15) is 9.59 Å². The van der Waals surface area contributed by atoms with Crippen LogP contribution in [0.2, 0.25) is 0 Å². The summed E-state index contributed by atoms with van der Waals surface area (Å²) in [5, 5.41) is 11.4. The first kappa shape index (κ1) is 21.2. The molecule has 5 rings (SSSR count). The van der Waals surface area contributed by atoms with Crippen molar-refractivity contribution in [3.63, 3.8) is 0 Å². The number of carboxylic acid groups (broad SMARTS) is 1. The molecule has 0 aliphatic heterocycles. The van der Waals surface area contributed by atoms with E-state index in [4.69, 9.17) is 17.3 Å². The standard InChI is InChI=1S/C25H19N3O3S2/c29-22(30)11-17-14-33-21(26-17)13-28-12-20(24(32)27-25(28)31)23-18-7-3-1-5-15(18)9-10-16-6-2-4-8-19(16)23/h1-10,12,14,23H,11,13H2,(H,29,30)(H,27,31,32). The Morgan fingerprint density at radius 2 is 1.70 bits per heavy atom. The number of benzene rings is 2. The Morgan fingerprint density at radius 1 is 1.06 bits per heavy atom. The van der Waals surface area contributed by atoms with Gasteiger partial charge in [0, 0.05) is 23.1 Å². The summed E-state index contributed by atoms with van der Waals surface area (Å²) in [6.45, 7) is 0.233. The van der Waals surface area contributed by atoms with Crippen LogP contribution < -0.4 is 5.69 Å². The van der Waals surface area contributed by atoms with Gasteiger partial charge in [-0.3, -0.25) is 14.3 Å². The summed E-state index contributed by atoms with van der Waals surface area (Å²) >= 11 is 6.97. The number of aromatic amines is 1. The second-order valence-electron chi connectivity index (χ2n) is 7.80. The first-order valence-electron chi connectivity index (χ1n) is 10.3. The highest BCUT2D eigenvalue weighted by Gasteiger charge is 2.25. The molecule has 0 saturated carbocycles. The minimum absolute atomic E-state index is 0.142. The van der Waals surface area contributed by atoms with Crippen molar-refractivity contribution in [1.29, 1.82) is 0 Å². The Bertz CT molecular complexity index is 1460. The molecule has 2 N–H and O–H groups in total. The molecule has 0 amide bonds. The van der Waals surface area contributed by atoms with Crippen LogP contribution in [-0.4, -0.2) is 25.6 Å². The molecule has 0 radical (unpaired) electrons. The maximum atomic E-state index is 12.7. The zero-order chi connectivity index (χ0) is 22.9. The number of hydrogen-bond acceptors (Lipinski definition) is 5. The number of nitrogens with zero attached hydrogens (tertiary/aromatic N) is 2. The van der Waals surface area contributed by atoms with E-state index in [0.717, 1.165) is 27.8 Å². The molecule has 0 bridgehead atoms. The maximum Gasteiger partial charge on any atom is 0.326 e. The number of aromatic nitrogens is 3. The number of fused-ring (bicyclic) bond motifs is 2. The lowest BCUT2D eigenvalue weighted by molar-refractivity contribution is -0.136. The number of rotatable bonds is 5. The smallest absolute Gasteiger partial charge is 0.326 e. The monoisotopic (exact) mass is 473 g/mol. The van der Waals surface area contributed by atoms with Crippen LogP contribution in [0.4, 0.5) is 0 Å². The summed E-state index contributed by atoms with van der Waals surface area (Å²) in [6, 6.07) is 16.4. The number of hydrogen-bond donors (Lipinski definition) is 2. The fraction of sp³-hybridized carbons (Fsp3) is 0.120. The van der Waals surface area contributed by atoms with Crippen LogP contribution in [0, 0.1) is 4.64 Å². The van der Waals surface area contributed by atoms with Gasteiger partial charge in [-0.05, 0) is 22.3 Å². The number of nitrogens with one attached hydrogen (secondary N) is 1. The van der Waals surface area contributed by atoms with Gasteiger partial charge in [0.05, 0.1) is 18.7 Å². The first-order chi connectivity index (χ1) is 16.0. The molecular weight excluding hydrogens is 454 g/mol. The van der Waals surface area contributed by atoms with Crippen molar-refractivity contribution in [1.82, 2.24) is 14.5 Å². The molecule has 33 heavy (non-hydrogen) atoms. The van der Waals surface area contributed by atoms with Gasteiger partial charge in [-0.15, -0.1) is 11.3 Å². The van der Waals surface area contributed by atoms with Gasteiger partial charge in [-0.1, -0.05) is 72.9 Å². The number of H-pyrrole nitrogens is 1. The zero-order valence-corrected chi connectivity index (χ0v) is 19.0. The second kappa shape index (κ2) is 8.73. The fourth-order valence-electron chi connectivity index (χ4n) is 4.19. The molecule has 1 aliphatic carbocycles. The van der Waals surface area contributed by atoms with Gasteiger partial charge in [0.25, 0.3) is 0 Å². The molecule has 2 heterocycles. The molecule has 8 heteroatoms. The predicted molar refractivity (Wildman–Crippen MR) is 131 cm³/mol. The maximum absolute atomic E-state index is 12.7. The fourth-order valence-corrected chi connectivity index (χ4v) is 5.24. The highest BCUT2D eigenvalue weighted by atomic mass is 32.1. The van der Waals surface area contributed by atoms with Gasteiger partial charge >= 0.3 is 11.7 Å². The average molecular weight is 474 g/mol. The predicted octanol–water partition coefficient (Wildman–Crippen LogP) is 4.70. The van der Waals surface area contributed by atoms with E-state index in [1.807, 2.05) is 30.5 Å². The minimum Gasteiger partial charge on any atom is -0.481 e. The number of thiazole rings is 1. The third kappa shape index (κ3) is 4.22. The molecule has 0 spiro atoms. The molecule has 0 unspecified atom stereocenters. The minimum atomic E-state index is -0.936. The molecule has 6 nitrogen and oxygen atoms in total. The Hall–Kier alpha value is -3.62. The molecule has 1 aliphatic rings. The summed E-state index contributed by atoms with van der Waals surface area (Å²) in [6.07, 6.45) is 5.88. The third-order valence-corrected chi connectivity index (χ3v) is 6.86. The highest BCUT2D eigenvalue weighted by molar-refractivity contribution is 7.71. The van der Waals surface area contributed by atoms with Crippen molar-refractivity contribution in [2.45, 2.75) is 18.9 Å². The van der Waals surface area contributed by atoms with E-state index in [1.54, 1.807) is 9.95 Å². The quantitative estimate of drug-likeness (QED) is 0.361. The van der Waals surface area contributed by atoms with Crippen LogP contribution in [-0.2, 0) is 17.8 Å². The van der Waals surface area contributed by atoms with Crippen molar-refractivity contribution in [2.24, 2.45) is 0 Å². The van der Waals surface area contributed by atoms with Crippen LogP contribution in [0.5, 0.6) is 0 Å². The summed E-state index contributed by atoms with van der Waals surface area (Å²) in [4.78, 5) is 30.9. The Morgan fingerprint density at radius 3 is 2.33 bits per heavy atom. The van der Waals surface area contributed by atoms with E-state index in [-0.39, 0.29) is 24.6 Å². The van der Waals surface area contributed by atoms with Crippen molar-refractivity contribution in [2.75, 3.05) is 0 Å². The van der Waals surface area contributed by atoms with Crippen LogP contribution in [0.1, 0.15) is 44.4 Å². The van der Waals surface area contributed by atoms with Gasteiger partial charge < -0.3 is 5.11 Å². The average Bonchev–Trinajstić information content (AvgIpc) is 3.15. The zero-order valence-electron chi connectivity index (χ0n) is 17.4. The first-order valence-corrected chi connectivity index (χ1v) is 11.6. The number of carboxylic acids is 1. The molecular formula is C25H19N3O3S2. The Balaban J connectivity index is 1.62. The molecule has 164 valence electrons. The molecule has 4 aromatic rings. The number of carbonyl (C=O) groups is 1. The van der Waals surface area contributed by atoms with Gasteiger partial charge in [0.1, 0.15) is 9.65 Å². The second-order valence-corrected chi connectivity index (χ2v) is 9.15. The number of aliphatic carboxylic acids is 1. The topological polar surface area (TPSA) is 88.0 Å². The van der Waals surface area contributed by atoms with Crippen molar-refractivity contribution >= 4 is 41.7 Å². The summed E-state index contributed by atoms with van der Waals surface area (Å²) in [5.74, 6) is -1.09. The third-order valence-electron chi connectivity index (χ3n) is 5.64. The van der Waals surface area contributed by atoms with Crippen LogP contribution in [0.25, 0.3) is 12.2 Å². The molecule has 0 fully saturated rings. The summed E-state index contributed by atoms with van der Waals surface area (Å²) in [7, 11) is 0. The van der Waals surface area contributed by atoms with Crippen molar-refractivity contribution in [3.05, 3.63) is 114 Å². The van der Waals surface area contributed by atoms with Gasteiger partial charge in [-0.25, -0.2) is 9.78 Å². The van der Waals surface area contributed by atoms with E-state index in [1.165, 1.54) is 11.3 Å². The van der Waals surface area contributed by atoms with Crippen LogP contribution in [0.3, 0.4) is 0 Å². The molecule has 2 aromatic heterocycles. The van der Waals surface area contributed by atoms with E-state index in [2.05, 4.69) is 46.4 Å². The van der Waals surface area contributed by atoms with Gasteiger partial charge in [0.15, 0.2) is 0 Å². The Kier molecular flexibility index (Phi) is 5.62. The van der Waals surface area contributed by atoms with Crippen molar-refractivity contribution in [3.8, 4) is 0 Å². The highest BCUT2D eigenvalue weighted by Crippen LogP contribution is 2.39.